The topological polar surface area (TPSA) is 47.3 Å². The van der Waals surface area contributed by atoms with Crippen molar-refractivity contribution in [2.75, 3.05) is 13.7 Å². The van der Waals surface area contributed by atoms with Gasteiger partial charge in [0.1, 0.15) is 0 Å². The Morgan fingerprint density at radius 2 is 2.37 bits per heavy atom. The SMILES string of the molecule is CCC1CCC(C(O)c2c(Br)cnn2CCOC)C1. The molecular weight excluding hydrogens is 308 g/mol. The molecule has 108 valence electrons. The number of aliphatic hydroxyl groups excluding tert-OH is 1. The van der Waals surface area contributed by atoms with Gasteiger partial charge in [-0.15, -0.1) is 0 Å². The predicted octanol–water partition coefficient (Wildman–Crippen LogP) is 3.15. The molecule has 1 saturated carbocycles. The highest BCUT2D eigenvalue weighted by atomic mass is 79.9. The number of methoxy groups -OCH3 is 1. The lowest BCUT2D eigenvalue weighted by Gasteiger charge is -2.20. The molecule has 1 aliphatic rings. The summed E-state index contributed by atoms with van der Waals surface area (Å²) in [6.07, 6.45) is 6.03. The predicted molar refractivity (Wildman–Crippen MR) is 77.9 cm³/mol. The maximum absolute atomic E-state index is 10.7. The summed E-state index contributed by atoms with van der Waals surface area (Å²) in [6.45, 7) is 3.52. The van der Waals surface area contributed by atoms with Crippen LogP contribution >= 0.6 is 15.9 Å². The van der Waals surface area contributed by atoms with Gasteiger partial charge in [0.15, 0.2) is 0 Å². The molecule has 1 aliphatic carbocycles. The molecule has 2 rings (SSSR count). The van der Waals surface area contributed by atoms with E-state index in [1.165, 1.54) is 12.8 Å². The van der Waals surface area contributed by atoms with Crippen LogP contribution in [0.3, 0.4) is 0 Å². The fourth-order valence-electron chi connectivity index (χ4n) is 3.02. The number of hydrogen-bond donors (Lipinski definition) is 1. The van der Waals surface area contributed by atoms with Gasteiger partial charge in [0.05, 0.1) is 35.6 Å². The molecule has 0 aromatic carbocycles. The third-order valence-corrected chi connectivity index (χ3v) is 4.84. The molecule has 1 fully saturated rings. The van der Waals surface area contributed by atoms with Crippen molar-refractivity contribution in [1.29, 1.82) is 0 Å². The van der Waals surface area contributed by atoms with Crippen LogP contribution in [0.25, 0.3) is 0 Å². The quantitative estimate of drug-likeness (QED) is 0.871. The lowest BCUT2D eigenvalue weighted by Crippen LogP contribution is -2.17. The monoisotopic (exact) mass is 330 g/mol. The molecule has 1 N–H and O–H groups in total. The molecule has 0 amide bonds. The summed E-state index contributed by atoms with van der Waals surface area (Å²) in [5, 5.41) is 15.0. The Hall–Kier alpha value is -0.390. The second-order valence-electron chi connectivity index (χ2n) is 5.39. The van der Waals surface area contributed by atoms with Gasteiger partial charge in [0.2, 0.25) is 0 Å². The second-order valence-corrected chi connectivity index (χ2v) is 6.24. The van der Waals surface area contributed by atoms with Gasteiger partial charge < -0.3 is 9.84 Å². The van der Waals surface area contributed by atoms with Crippen LogP contribution in [0, 0.1) is 11.8 Å². The van der Waals surface area contributed by atoms with Crippen LogP contribution in [0.2, 0.25) is 0 Å². The lowest BCUT2D eigenvalue weighted by atomic mass is 9.96. The number of aromatic nitrogens is 2. The van der Waals surface area contributed by atoms with Gasteiger partial charge in [-0.05, 0) is 40.6 Å². The molecule has 1 aromatic heterocycles. The van der Waals surface area contributed by atoms with E-state index in [4.69, 9.17) is 4.74 Å². The minimum Gasteiger partial charge on any atom is -0.386 e. The van der Waals surface area contributed by atoms with E-state index in [1.54, 1.807) is 13.3 Å². The highest BCUT2D eigenvalue weighted by Gasteiger charge is 2.32. The summed E-state index contributed by atoms with van der Waals surface area (Å²) in [6, 6.07) is 0. The third kappa shape index (κ3) is 3.38. The van der Waals surface area contributed by atoms with Gasteiger partial charge in [0, 0.05) is 7.11 Å². The smallest absolute Gasteiger partial charge is 0.0996 e. The standard InChI is InChI=1S/C14H23BrN2O2/c1-3-10-4-5-11(8-10)14(18)13-12(15)9-16-17(13)6-7-19-2/h9-11,14,18H,3-8H2,1-2H3. The van der Waals surface area contributed by atoms with Gasteiger partial charge in [-0.25, -0.2) is 0 Å². The van der Waals surface area contributed by atoms with Gasteiger partial charge in [-0.1, -0.05) is 19.8 Å². The largest absolute Gasteiger partial charge is 0.386 e. The van der Waals surface area contributed by atoms with Crippen LogP contribution in [0.1, 0.15) is 44.4 Å². The van der Waals surface area contributed by atoms with E-state index < -0.39 is 6.10 Å². The van der Waals surface area contributed by atoms with Gasteiger partial charge in [-0.3, -0.25) is 4.68 Å². The zero-order valence-corrected chi connectivity index (χ0v) is 13.3. The fourth-order valence-corrected chi connectivity index (χ4v) is 3.55. The van der Waals surface area contributed by atoms with Crippen molar-refractivity contribution in [2.45, 2.75) is 45.3 Å². The Labute approximate surface area is 123 Å². The first-order valence-corrected chi connectivity index (χ1v) is 7.84. The van der Waals surface area contributed by atoms with Crippen molar-refractivity contribution >= 4 is 15.9 Å². The van der Waals surface area contributed by atoms with Crippen LogP contribution < -0.4 is 0 Å². The number of nitrogens with zero attached hydrogens (tertiary/aromatic N) is 2. The molecule has 19 heavy (non-hydrogen) atoms. The number of ether oxygens (including phenoxy) is 1. The Kier molecular flexibility index (Phi) is 5.42. The van der Waals surface area contributed by atoms with Crippen LogP contribution in [-0.2, 0) is 11.3 Å². The third-order valence-electron chi connectivity index (χ3n) is 4.23. The van der Waals surface area contributed by atoms with Crippen molar-refractivity contribution in [3.8, 4) is 0 Å². The molecule has 0 aliphatic heterocycles. The van der Waals surface area contributed by atoms with Crippen molar-refractivity contribution < 1.29 is 9.84 Å². The van der Waals surface area contributed by atoms with E-state index in [2.05, 4.69) is 28.0 Å². The minimum atomic E-state index is -0.426. The van der Waals surface area contributed by atoms with Crippen molar-refractivity contribution in [1.82, 2.24) is 9.78 Å². The molecule has 4 nitrogen and oxygen atoms in total. The molecule has 3 atom stereocenters. The first kappa shape index (κ1) is 15.0. The first-order chi connectivity index (χ1) is 9.17. The summed E-state index contributed by atoms with van der Waals surface area (Å²) in [7, 11) is 1.68. The van der Waals surface area contributed by atoms with Crippen molar-refractivity contribution in [2.24, 2.45) is 11.8 Å². The van der Waals surface area contributed by atoms with Crippen LogP contribution in [-0.4, -0.2) is 28.6 Å². The minimum absolute atomic E-state index is 0.360. The summed E-state index contributed by atoms with van der Waals surface area (Å²) >= 11 is 3.50. The molecule has 0 bridgehead atoms. The van der Waals surface area contributed by atoms with E-state index >= 15 is 0 Å². The molecule has 1 heterocycles. The number of hydrogen-bond acceptors (Lipinski definition) is 3. The molecule has 0 spiro atoms. The summed E-state index contributed by atoms with van der Waals surface area (Å²) < 4.78 is 7.85. The van der Waals surface area contributed by atoms with E-state index in [1.807, 2.05) is 4.68 Å². The van der Waals surface area contributed by atoms with E-state index in [9.17, 15) is 5.11 Å². The van der Waals surface area contributed by atoms with Gasteiger partial charge >= 0.3 is 0 Å². The highest BCUT2D eigenvalue weighted by Crippen LogP contribution is 2.41. The number of aliphatic hydroxyl groups is 1. The lowest BCUT2D eigenvalue weighted by molar-refractivity contribution is 0.0956. The summed E-state index contributed by atoms with van der Waals surface area (Å²) in [4.78, 5) is 0. The van der Waals surface area contributed by atoms with E-state index in [0.717, 1.165) is 28.9 Å². The fraction of sp³-hybridized carbons (Fsp3) is 0.786. The average molecular weight is 331 g/mol. The Morgan fingerprint density at radius 1 is 1.58 bits per heavy atom. The van der Waals surface area contributed by atoms with E-state index in [-0.39, 0.29) is 0 Å². The second kappa shape index (κ2) is 6.86. The zero-order chi connectivity index (χ0) is 13.8. The molecule has 3 unspecified atom stereocenters. The Balaban J connectivity index is 2.09. The average Bonchev–Trinajstić information content (AvgIpc) is 3.02. The van der Waals surface area contributed by atoms with Crippen molar-refractivity contribution in [3.63, 3.8) is 0 Å². The Bertz CT molecular complexity index is 408. The number of halogens is 1. The van der Waals surface area contributed by atoms with Crippen LogP contribution in [0.4, 0.5) is 0 Å². The van der Waals surface area contributed by atoms with Crippen molar-refractivity contribution in [3.05, 3.63) is 16.4 Å². The first-order valence-electron chi connectivity index (χ1n) is 7.05. The number of rotatable bonds is 6. The Morgan fingerprint density at radius 3 is 3.00 bits per heavy atom. The highest BCUT2D eigenvalue weighted by molar-refractivity contribution is 9.10. The molecular formula is C14H23BrN2O2. The maximum Gasteiger partial charge on any atom is 0.0996 e. The normalized spacial score (nSPS) is 24.8. The molecule has 0 radical (unpaired) electrons. The maximum atomic E-state index is 10.7. The van der Waals surface area contributed by atoms with Gasteiger partial charge in [0.25, 0.3) is 0 Å². The molecule has 5 heteroatoms. The van der Waals surface area contributed by atoms with Crippen LogP contribution in [0.5, 0.6) is 0 Å². The summed E-state index contributed by atoms with van der Waals surface area (Å²) in [5.74, 6) is 1.13. The van der Waals surface area contributed by atoms with Crippen LogP contribution in [0.15, 0.2) is 10.7 Å². The zero-order valence-electron chi connectivity index (χ0n) is 11.7. The summed E-state index contributed by atoms with van der Waals surface area (Å²) in [5.41, 5.74) is 0.902. The van der Waals surface area contributed by atoms with E-state index in [0.29, 0.717) is 19.1 Å². The molecule has 0 saturated heterocycles. The molecule has 1 aromatic rings. The van der Waals surface area contributed by atoms with Gasteiger partial charge in [-0.2, -0.15) is 5.10 Å².